The van der Waals surface area contributed by atoms with Crippen LogP contribution in [0, 0.1) is 0 Å². The maximum atomic E-state index is 5.95. The molecule has 0 radical (unpaired) electrons. The van der Waals surface area contributed by atoms with Gasteiger partial charge in [0, 0.05) is 32.8 Å². The summed E-state index contributed by atoms with van der Waals surface area (Å²) in [7, 11) is 1.84. The predicted molar refractivity (Wildman–Crippen MR) is 77.5 cm³/mol. The minimum atomic E-state index is 0.430. The Bertz CT molecular complexity index is 259. The number of likely N-dealkylation sites (N-methyl/N-ethyl adjacent to an activating group) is 1. The van der Waals surface area contributed by atoms with Crippen molar-refractivity contribution in [3.8, 4) is 0 Å². The van der Waals surface area contributed by atoms with E-state index in [4.69, 9.17) is 9.47 Å². The van der Waals surface area contributed by atoms with Crippen LogP contribution in [0.2, 0.25) is 0 Å². The SMILES string of the molecule is CCN(CC)CCN1CCO[C@@H]2CC[C@@H](OC)C[C@H]21. The van der Waals surface area contributed by atoms with E-state index in [9.17, 15) is 0 Å². The summed E-state index contributed by atoms with van der Waals surface area (Å²) < 4.78 is 11.5. The first-order valence-electron chi connectivity index (χ1n) is 7.89. The van der Waals surface area contributed by atoms with Crippen LogP contribution < -0.4 is 0 Å². The highest BCUT2D eigenvalue weighted by Gasteiger charge is 2.37. The van der Waals surface area contributed by atoms with Gasteiger partial charge in [-0.3, -0.25) is 4.90 Å². The van der Waals surface area contributed by atoms with Crippen LogP contribution in [0.5, 0.6) is 0 Å². The maximum absolute atomic E-state index is 5.95. The molecule has 0 unspecified atom stereocenters. The molecule has 1 aliphatic carbocycles. The molecule has 0 aromatic heterocycles. The van der Waals surface area contributed by atoms with Crippen molar-refractivity contribution < 1.29 is 9.47 Å². The monoisotopic (exact) mass is 270 g/mol. The lowest BCUT2D eigenvalue weighted by Crippen LogP contribution is -2.56. The normalized spacial score (nSPS) is 32.5. The zero-order valence-corrected chi connectivity index (χ0v) is 12.8. The molecule has 2 fully saturated rings. The summed E-state index contributed by atoms with van der Waals surface area (Å²) in [5.41, 5.74) is 0. The third kappa shape index (κ3) is 3.91. The molecule has 3 atom stereocenters. The second-order valence-electron chi connectivity index (χ2n) is 5.71. The number of methoxy groups -OCH3 is 1. The number of rotatable bonds is 6. The molecule has 1 heterocycles. The molecule has 19 heavy (non-hydrogen) atoms. The molecule has 1 saturated heterocycles. The molecule has 2 aliphatic rings. The topological polar surface area (TPSA) is 24.9 Å². The summed E-state index contributed by atoms with van der Waals surface area (Å²) in [4.78, 5) is 5.14. The van der Waals surface area contributed by atoms with Gasteiger partial charge in [0.1, 0.15) is 0 Å². The lowest BCUT2D eigenvalue weighted by molar-refractivity contribution is -0.114. The molecule has 0 amide bonds. The smallest absolute Gasteiger partial charge is 0.0732 e. The molecule has 4 heteroatoms. The minimum absolute atomic E-state index is 0.430. The van der Waals surface area contributed by atoms with E-state index in [0.717, 1.165) is 45.5 Å². The number of hydrogen-bond acceptors (Lipinski definition) is 4. The lowest BCUT2D eigenvalue weighted by Gasteiger charge is -2.46. The van der Waals surface area contributed by atoms with Gasteiger partial charge in [0.25, 0.3) is 0 Å². The molecule has 1 saturated carbocycles. The molecule has 2 rings (SSSR count). The average molecular weight is 270 g/mol. The zero-order chi connectivity index (χ0) is 13.7. The molecule has 0 N–H and O–H groups in total. The summed E-state index contributed by atoms with van der Waals surface area (Å²) in [6, 6.07) is 0.572. The van der Waals surface area contributed by atoms with Gasteiger partial charge in [-0.1, -0.05) is 13.8 Å². The molecular formula is C15H30N2O2. The largest absolute Gasteiger partial charge is 0.381 e. The van der Waals surface area contributed by atoms with E-state index in [0.29, 0.717) is 18.2 Å². The van der Waals surface area contributed by atoms with Gasteiger partial charge in [0.05, 0.1) is 18.8 Å². The van der Waals surface area contributed by atoms with Crippen LogP contribution in [0.4, 0.5) is 0 Å². The summed E-state index contributed by atoms with van der Waals surface area (Å²) in [5.74, 6) is 0. The highest BCUT2D eigenvalue weighted by atomic mass is 16.5. The third-order valence-electron chi connectivity index (χ3n) is 4.82. The summed E-state index contributed by atoms with van der Waals surface area (Å²) >= 11 is 0. The summed E-state index contributed by atoms with van der Waals surface area (Å²) in [6.45, 7) is 11.1. The van der Waals surface area contributed by atoms with E-state index in [1.54, 1.807) is 0 Å². The summed E-state index contributed by atoms with van der Waals surface area (Å²) in [6.07, 6.45) is 4.32. The second-order valence-corrected chi connectivity index (χ2v) is 5.71. The third-order valence-corrected chi connectivity index (χ3v) is 4.82. The van der Waals surface area contributed by atoms with E-state index >= 15 is 0 Å². The fourth-order valence-corrected chi connectivity index (χ4v) is 3.45. The molecular weight excluding hydrogens is 240 g/mol. The van der Waals surface area contributed by atoms with Gasteiger partial charge in [0.15, 0.2) is 0 Å². The Morgan fingerprint density at radius 3 is 2.74 bits per heavy atom. The standard InChI is InChI=1S/C15H30N2O2/c1-4-16(5-2)8-9-17-10-11-19-15-7-6-13(18-3)12-14(15)17/h13-15H,4-12H2,1-3H3/t13-,14-,15-/m1/s1. The number of hydrogen-bond donors (Lipinski definition) is 0. The molecule has 4 nitrogen and oxygen atoms in total. The first-order valence-corrected chi connectivity index (χ1v) is 7.89. The molecule has 0 aromatic rings. The van der Waals surface area contributed by atoms with Gasteiger partial charge in [-0.05, 0) is 32.4 Å². The first kappa shape index (κ1) is 15.2. The Labute approximate surface area is 118 Å². The molecule has 0 spiro atoms. The van der Waals surface area contributed by atoms with E-state index < -0.39 is 0 Å². The van der Waals surface area contributed by atoms with E-state index in [2.05, 4.69) is 23.6 Å². The van der Waals surface area contributed by atoms with E-state index in [-0.39, 0.29) is 0 Å². The fourth-order valence-electron chi connectivity index (χ4n) is 3.45. The van der Waals surface area contributed by atoms with Gasteiger partial charge < -0.3 is 14.4 Å². The van der Waals surface area contributed by atoms with Crippen molar-refractivity contribution in [1.82, 2.24) is 9.80 Å². The second kappa shape index (κ2) is 7.58. The van der Waals surface area contributed by atoms with Crippen molar-refractivity contribution in [3.05, 3.63) is 0 Å². The first-order chi connectivity index (χ1) is 9.28. The van der Waals surface area contributed by atoms with Gasteiger partial charge in [0.2, 0.25) is 0 Å². The van der Waals surface area contributed by atoms with Crippen molar-refractivity contribution in [2.75, 3.05) is 46.4 Å². The van der Waals surface area contributed by atoms with Crippen LogP contribution in [0.3, 0.4) is 0 Å². The molecule has 0 aromatic carbocycles. The Hall–Kier alpha value is -0.160. The van der Waals surface area contributed by atoms with Crippen LogP contribution in [0.15, 0.2) is 0 Å². The van der Waals surface area contributed by atoms with Crippen molar-refractivity contribution in [1.29, 1.82) is 0 Å². The van der Waals surface area contributed by atoms with Crippen LogP contribution in [-0.2, 0) is 9.47 Å². The minimum Gasteiger partial charge on any atom is -0.381 e. The van der Waals surface area contributed by atoms with Crippen molar-refractivity contribution in [2.45, 2.75) is 51.4 Å². The Kier molecular flexibility index (Phi) is 6.07. The van der Waals surface area contributed by atoms with Gasteiger partial charge >= 0.3 is 0 Å². The number of fused-ring (bicyclic) bond motifs is 1. The zero-order valence-electron chi connectivity index (χ0n) is 12.8. The van der Waals surface area contributed by atoms with Crippen LogP contribution in [0.1, 0.15) is 33.1 Å². The van der Waals surface area contributed by atoms with E-state index in [1.165, 1.54) is 13.1 Å². The van der Waals surface area contributed by atoms with Crippen molar-refractivity contribution in [3.63, 3.8) is 0 Å². The van der Waals surface area contributed by atoms with Crippen LogP contribution in [-0.4, -0.2) is 74.5 Å². The molecule has 1 aliphatic heterocycles. The van der Waals surface area contributed by atoms with Crippen molar-refractivity contribution >= 4 is 0 Å². The Morgan fingerprint density at radius 2 is 2.05 bits per heavy atom. The van der Waals surface area contributed by atoms with Crippen LogP contribution >= 0.6 is 0 Å². The quantitative estimate of drug-likeness (QED) is 0.732. The fraction of sp³-hybridized carbons (Fsp3) is 1.00. The van der Waals surface area contributed by atoms with E-state index in [1.807, 2.05) is 7.11 Å². The van der Waals surface area contributed by atoms with Crippen molar-refractivity contribution in [2.24, 2.45) is 0 Å². The van der Waals surface area contributed by atoms with Crippen LogP contribution in [0.25, 0.3) is 0 Å². The Balaban J connectivity index is 1.87. The van der Waals surface area contributed by atoms with Gasteiger partial charge in [-0.15, -0.1) is 0 Å². The lowest BCUT2D eigenvalue weighted by atomic mass is 9.88. The maximum Gasteiger partial charge on any atom is 0.0732 e. The predicted octanol–water partition coefficient (Wildman–Crippen LogP) is 1.60. The van der Waals surface area contributed by atoms with Gasteiger partial charge in [-0.25, -0.2) is 0 Å². The molecule has 0 bridgehead atoms. The average Bonchev–Trinajstić information content (AvgIpc) is 2.47. The highest BCUT2D eigenvalue weighted by molar-refractivity contribution is 4.91. The highest BCUT2D eigenvalue weighted by Crippen LogP contribution is 2.29. The summed E-state index contributed by atoms with van der Waals surface area (Å²) in [5, 5.41) is 0. The van der Waals surface area contributed by atoms with Gasteiger partial charge in [-0.2, -0.15) is 0 Å². The number of morpholine rings is 1. The Morgan fingerprint density at radius 1 is 1.26 bits per heavy atom. The number of nitrogens with zero attached hydrogens (tertiary/aromatic N) is 2. The molecule has 112 valence electrons. The number of ether oxygens (including phenoxy) is 2.